The zero-order chi connectivity index (χ0) is 17.3. The number of carbonyl (C=O) groups is 2. The van der Waals surface area contributed by atoms with Gasteiger partial charge in [-0.25, -0.2) is 14.2 Å². The summed E-state index contributed by atoms with van der Waals surface area (Å²) < 4.78 is 18.7. The summed E-state index contributed by atoms with van der Waals surface area (Å²) in [5, 5.41) is 0.828. The Hall–Kier alpha value is -2.12. The van der Waals surface area contributed by atoms with Crippen LogP contribution >= 0.6 is 23.4 Å². The van der Waals surface area contributed by atoms with E-state index in [-0.39, 0.29) is 34.4 Å². The average Bonchev–Trinajstić information content (AvgIpc) is 2.58. The number of nitrogens with zero attached hydrogens (tertiary/aromatic N) is 2. The van der Waals surface area contributed by atoms with E-state index >= 15 is 0 Å². The van der Waals surface area contributed by atoms with E-state index < -0.39 is 11.8 Å². The fraction of sp³-hybridized carbons (Fsp3) is 0.188. The van der Waals surface area contributed by atoms with Gasteiger partial charge < -0.3 is 9.64 Å². The second-order valence-corrected chi connectivity index (χ2v) is 6.38. The summed E-state index contributed by atoms with van der Waals surface area (Å²) in [6.45, 7) is -0.0375. The number of benzene rings is 1. The largest absolute Gasteiger partial charge is 0.465 e. The monoisotopic (exact) mass is 366 g/mol. The van der Waals surface area contributed by atoms with Crippen molar-refractivity contribution in [2.24, 2.45) is 0 Å². The lowest BCUT2D eigenvalue weighted by Gasteiger charge is -2.29. The van der Waals surface area contributed by atoms with Gasteiger partial charge in [0.2, 0.25) is 5.91 Å². The molecule has 0 fully saturated rings. The maximum absolute atomic E-state index is 14.1. The molecule has 0 aliphatic carbocycles. The van der Waals surface area contributed by atoms with E-state index in [0.717, 1.165) is 0 Å². The zero-order valence-electron chi connectivity index (χ0n) is 12.6. The van der Waals surface area contributed by atoms with Crippen LogP contribution < -0.4 is 4.90 Å². The van der Waals surface area contributed by atoms with Gasteiger partial charge in [0.15, 0.2) is 0 Å². The molecule has 3 rings (SSSR count). The van der Waals surface area contributed by atoms with Crippen LogP contribution in [0.3, 0.4) is 0 Å². The molecule has 1 aromatic carbocycles. The quantitative estimate of drug-likeness (QED) is 0.780. The van der Waals surface area contributed by atoms with Gasteiger partial charge in [0.25, 0.3) is 0 Å². The van der Waals surface area contributed by atoms with Crippen LogP contribution in [0.2, 0.25) is 5.02 Å². The summed E-state index contributed by atoms with van der Waals surface area (Å²) in [6, 6.07) is 5.87. The molecule has 2 aromatic rings. The number of fused-ring (bicyclic) bond motifs is 1. The van der Waals surface area contributed by atoms with Crippen molar-refractivity contribution in [3.8, 4) is 0 Å². The normalized spacial score (nSPS) is 13.6. The fourth-order valence-corrected chi connectivity index (χ4v) is 3.41. The zero-order valence-corrected chi connectivity index (χ0v) is 14.2. The highest BCUT2D eigenvalue weighted by atomic mass is 35.5. The van der Waals surface area contributed by atoms with Crippen molar-refractivity contribution in [3.63, 3.8) is 0 Å². The maximum Gasteiger partial charge on any atom is 0.339 e. The predicted octanol–water partition coefficient (Wildman–Crippen LogP) is 3.30. The number of ether oxygens (including phenoxy) is 1. The first-order valence-corrected chi connectivity index (χ1v) is 8.32. The van der Waals surface area contributed by atoms with Gasteiger partial charge in [-0.05, 0) is 18.2 Å². The molecular weight excluding hydrogens is 355 g/mol. The van der Waals surface area contributed by atoms with Crippen molar-refractivity contribution in [3.05, 3.63) is 52.4 Å². The van der Waals surface area contributed by atoms with Crippen LogP contribution in [-0.4, -0.2) is 29.7 Å². The minimum Gasteiger partial charge on any atom is -0.465 e. The number of rotatable bonds is 3. The summed E-state index contributed by atoms with van der Waals surface area (Å²) in [4.78, 5) is 29.6. The second kappa shape index (κ2) is 6.78. The Morgan fingerprint density at radius 2 is 2.29 bits per heavy atom. The van der Waals surface area contributed by atoms with Gasteiger partial charge in [0.1, 0.15) is 10.8 Å². The third kappa shape index (κ3) is 3.09. The number of halogens is 2. The molecule has 5 nitrogen and oxygen atoms in total. The average molecular weight is 367 g/mol. The van der Waals surface area contributed by atoms with Crippen molar-refractivity contribution >= 4 is 40.9 Å². The predicted molar refractivity (Wildman–Crippen MR) is 88.9 cm³/mol. The van der Waals surface area contributed by atoms with Crippen LogP contribution in [0.5, 0.6) is 0 Å². The molecule has 24 heavy (non-hydrogen) atoms. The molecule has 0 saturated carbocycles. The number of amides is 1. The molecule has 1 aliphatic heterocycles. The van der Waals surface area contributed by atoms with Gasteiger partial charge in [0.05, 0.1) is 30.7 Å². The molecule has 1 aromatic heterocycles. The smallest absolute Gasteiger partial charge is 0.339 e. The Morgan fingerprint density at radius 3 is 3.00 bits per heavy atom. The van der Waals surface area contributed by atoms with E-state index in [1.165, 1.54) is 48.2 Å². The van der Waals surface area contributed by atoms with Crippen molar-refractivity contribution in [1.29, 1.82) is 0 Å². The number of esters is 1. The molecule has 8 heteroatoms. The molecule has 124 valence electrons. The minimum absolute atomic E-state index is 0.0375. The maximum atomic E-state index is 14.1. The first-order valence-electron chi connectivity index (χ1n) is 6.95. The highest BCUT2D eigenvalue weighted by molar-refractivity contribution is 8.00. The van der Waals surface area contributed by atoms with E-state index in [0.29, 0.717) is 10.7 Å². The van der Waals surface area contributed by atoms with Gasteiger partial charge >= 0.3 is 5.97 Å². The number of thioether (sulfide) groups is 1. The van der Waals surface area contributed by atoms with Crippen molar-refractivity contribution in [2.45, 2.75) is 11.6 Å². The first-order chi connectivity index (χ1) is 11.5. The summed E-state index contributed by atoms with van der Waals surface area (Å²) in [6.07, 6.45) is 1.39. The highest BCUT2D eigenvalue weighted by Crippen LogP contribution is 2.36. The van der Waals surface area contributed by atoms with Crippen LogP contribution in [-0.2, 0) is 16.1 Å². The SMILES string of the molecule is COC(=O)c1cnc2c(c1)N(Cc1c(F)cccc1Cl)C(=O)CS2. The van der Waals surface area contributed by atoms with Crippen LogP contribution in [0.15, 0.2) is 35.5 Å². The molecule has 1 amide bonds. The van der Waals surface area contributed by atoms with Crippen LogP contribution in [0, 0.1) is 5.82 Å². The number of pyridine rings is 1. The minimum atomic E-state index is -0.558. The Morgan fingerprint density at radius 1 is 1.50 bits per heavy atom. The van der Waals surface area contributed by atoms with E-state index in [1.54, 1.807) is 6.07 Å². The first kappa shape index (κ1) is 16.7. The van der Waals surface area contributed by atoms with E-state index in [4.69, 9.17) is 11.6 Å². The molecule has 0 bridgehead atoms. The van der Waals surface area contributed by atoms with Gasteiger partial charge in [-0.1, -0.05) is 29.4 Å². The lowest BCUT2D eigenvalue weighted by molar-refractivity contribution is -0.116. The fourth-order valence-electron chi connectivity index (χ4n) is 2.33. The number of hydrogen-bond donors (Lipinski definition) is 0. The Kier molecular flexibility index (Phi) is 4.73. The van der Waals surface area contributed by atoms with E-state index in [9.17, 15) is 14.0 Å². The van der Waals surface area contributed by atoms with Gasteiger partial charge in [-0.3, -0.25) is 4.79 Å². The van der Waals surface area contributed by atoms with Gasteiger partial charge in [0, 0.05) is 16.8 Å². The summed E-state index contributed by atoms with van der Waals surface area (Å²) in [5.41, 5.74) is 0.878. The molecule has 0 radical (unpaired) electrons. The molecule has 0 unspecified atom stereocenters. The third-order valence-electron chi connectivity index (χ3n) is 3.56. The molecule has 0 atom stereocenters. The van der Waals surface area contributed by atoms with Gasteiger partial charge in [-0.15, -0.1) is 0 Å². The second-order valence-electron chi connectivity index (χ2n) is 5.01. The topological polar surface area (TPSA) is 59.5 Å². The Labute approximate surface area is 146 Å². The number of hydrogen-bond acceptors (Lipinski definition) is 5. The van der Waals surface area contributed by atoms with Crippen molar-refractivity contribution in [1.82, 2.24) is 4.98 Å². The third-order valence-corrected chi connectivity index (χ3v) is 4.89. The standard InChI is InChI=1S/C16H12ClFN2O3S/c1-23-16(22)9-5-13-15(19-6-9)24-8-14(21)20(13)7-10-11(17)3-2-4-12(10)18/h2-6H,7-8H2,1H3. The number of aromatic nitrogens is 1. The molecular formula is C16H12ClFN2O3S. The van der Waals surface area contributed by atoms with Gasteiger partial charge in [-0.2, -0.15) is 0 Å². The van der Waals surface area contributed by atoms with Crippen molar-refractivity contribution in [2.75, 3.05) is 17.8 Å². The van der Waals surface area contributed by atoms with E-state index in [2.05, 4.69) is 9.72 Å². The Balaban J connectivity index is 2.03. The highest BCUT2D eigenvalue weighted by Gasteiger charge is 2.28. The van der Waals surface area contributed by atoms with Crippen LogP contribution in [0.25, 0.3) is 0 Å². The summed E-state index contributed by atoms with van der Waals surface area (Å²) in [7, 11) is 1.26. The van der Waals surface area contributed by atoms with Crippen molar-refractivity contribution < 1.29 is 18.7 Å². The number of anilines is 1. The molecule has 1 aliphatic rings. The van der Waals surface area contributed by atoms with Crippen LogP contribution in [0.4, 0.5) is 10.1 Å². The molecule has 0 N–H and O–H groups in total. The molecule has 0 spiro atoms. The Bertz CT molecular complexity index is 811. The number of carbonyl (C=O) groups excluding carboxylic acids is 2. The van der Waals surface area contributed by atoms with E-state index in [1.807, 2.05) is 0 Å². The summed E-state index contributed by atoms with van der Waals surface area (Å²) >= 11 is 7.32. The summed E-state index contributed by atoms with van der Waals surface area (Å²) in [5.74, 6) is -1.08. The molecule has 2 heterocycles. The van der Waals surface area contributed by atoms with Crippen LogP contribution in [0.1, 0.15) is 15.9 Å². The molecule has 0 saturated heterocycles. The number of methoxy groups -OCH3 is 1. The lowest BCUT2D eigenvalue weighted by atomic mass is 10.1. The lowest BCUT2D eigenvalue weighted by Crippen LogP contribution is -2.35.